The molecule has 0 saturated heterocycles. The molecule has 0 N–H and O–H groups in total. The Morgan fingerprint density at radius 2 is 1.11 bits per heavy atom. The lowest BCUT2D eigenvalue weighted by Gasteiger charge is -2.17. The number of nitro groups is 1. The molecule has 0 aliphatic heterocycles. The zero-order valence-corrected chi connectivity index (χ0v) is 19.1. The van der Waals surface area contributed by atoms with Crippen LogP contribution < -0.4 is 0 Å². The van der Waals surface area contributed by atoms with E-state index >= 15 is 0 Å². The molecular formula is C31H20FNO3. The van der Waals surface area contributed by atoms with Crippen molar-refractivity contribution in [2.45, 2.75) is 0 Å². The largest absolute Gasteiger partial charge is 0.289 e. The predicted octanol–water partition coefficient (Wildman–Crippen LogP) is 7.97. The van der Waals surface area contributed by atoms with E-state index in [0.29, 0.717) is 22.3 Å². The van der Waals surface area contributed by atoms with E-state index in [1.807, 2.05) is 48.5 Å². The van der Waals surface area contributed by atoms with Gasteiger partial charge in [0.05, 0.1) is 4.92 Å². The number of nitro benzene ring substituents is 1. The highest BCUT2D eigenvalue weighted by Gasteiger charge is 2.20. The average molecular weight is 474 g/mol. The van der Waals surface area contributed by atoms with Crippen LogP contribution in [0.4, 0.5) is 10.1 Å². The molecule has 4 nitrogen and oxygen atoms in total. The van der Waals surface area contributed by atoms with Crippen LogP contribution in [0.25, 0.3) is 33.4 Å². The first-order valence-corrected chi connectivity index (χ1v) is 11.4. The summed E-state index contributed by atoms with van der Waals surface area (Å²) >= 11 is 0. The molecule has 0 fully saturated rings. The van der Waals surface area contributed by atoms with Gasteiger partial charge < -0.3 is 0 Å². The first-order chi connectivity index (χ1) is 17.5. The van der Waals surface area contributed by atoms with Crippen LogP contribution in [0, 0.1) is 15.9 Å². The van der Waals surface area contributed by atoms with Crippen LogP contribution in [-0.4, -0.2) is 10.7 Å². The van der Waals surface area contributed by atoms with Crippen LogP contribution in [0.2, 0.25) is 0 Å². The Hall–Kier alpha value is -4.90. The van der Waals surface area contributed by atoms with E-state index < -0.39 is 4.92 Å². The quantitative estimate of drug-likeness (QED) is 0.143. The van der Waals surface area contributed by atoms with Crippen LogP contribution in [0.1, 0.15) is 15.9 Å². The predicted molar refractivity (Wildman–Crippen MR) is 139 cm³/mol. The van der Waals surface area contributed by atoms with Gasteiger partial charge in [-0.15, -0.1) is 0 Å². The van der Waals surface area contributed by atoms with Gasteiger partial charge in [0.15, 0.2) is 5.78 Å². The molecule has 0 atom stereocenters. The SMILES string of the molecule is O=C(c1ccccc1)c1cc(-c2ccc(F)cc2)c(-c2ccccc2)cc1-c1ccc([N+](=O)[O-])cc1. The summed E-state index contributed by atoms with van der Waals surface area (Å²) in [6.45, 7) is 0. The fourth-order valence-electron chi connectivity index (χ4n) is 4.26. The van der Waals surface area contributed by atoms with Crippen molar-refractivity contribution in [2.75, 3.05) is 0 Å². The Morgan fingerprint density at radius 1 is 0.611 bits per heavy atom. The zero-order valence-electron chi connectivity index (χ0n) is 19.1. The van der Waals surface area contributed by atoms with Gasteiger partial charge >= 0.3 is 0 Å². The summed E-state index contributed by atoms with van der Waals surface area (Å²) in [6.07, 6.45) is 0. The lowest BCUT2D eigenvalue weighted by molar-refractivity contribution is -0.384. The van der Waals surface area contributed by atoms with Gasteiger partial charge in [-0.05, 0) is 69.8 Å². The Balaban J connectivity index is 1.80. The molecule has 174 valence electrons. The van der Waals surface area contributed by atoms with E-state index in [0.717, 1.165) is 22.3 Å². The summed E-state index contributed by atoms with van der Waals surface area (Å²) in [5, 5.41) is 11.2. The second kappa shape index (κ2) is 9.76. The fourth-order valence-corrected chi connectivity index (χ4v) is 4.26. The number of hydrogen-bond donors (Lipinski definition) is 0. The van der Waals surface area contributed by atoms with Crippen LogP contribution in [0.5, 0.6) is 0 Å². The molecule has 0 saturated carbocycles. The van der Waals surface area contributed by atoms with Gasteiger partial charge in [0.2, 0.25) is 0 Å². The second-order valence-corrected chi connectivity index (χ2v) is 8.32. The van der Waals surface area contributed by atoms with Crippen molar-refractivity contribution in [3.63, 3.8) is 0 Å². The summed E-state index contributed by atoms with van der Waals surface area (Å²) in [5.74, 6) is -0.518. The van der Waals surface area contributed by atoms with Crippen LogP contribution in [-0.2, 0) is 0 Å². The highest BCUT2D eigenvalue weighted by molar-refractivity contribution is 6.14. The summed E-state index contributed by atoms with van der Waals surface area (Å²) in [6, 6.07) is 34.8. The monoisotopic (exact) mass is 473 g/mol. The van der Waals surface area contributed by atoms with Crippen molar-refractivity contribution in [3.05, 3.63) is 148 Å². The standard InChI is InChI=1S/C31H20FNO3/c32-25-15-11-22(12-16-25)28-20-30(31(34)24-9-5-2-6-10-24)29(19-27(28)21-7-3-1-4-8-21)23-13-17-26(18-14-23)33(35)36/h1-20H. The molecule has 36 heavy (non-hydrogen) atoms. The van der Waals surface area contributed by atoms with Gasteiger partial charge in [-0.1, -0.05) is 72.8 Å². The highest BCUT2D eigenvalue weighted by Crippen LogP contribution is 2.39. The van der Waals surface area contributed by atoms with Gasteiger partial charge in [0.1, 0.15) is 5.82 Å². The van der Waals surface area contributed by atoms with Crippen LogP contribution in [0.3, 0.4) is 0 Å². The number of carbonyl (C=O) groups is 1. The lowest BCUT2D eigenvalue weighted by atomic mass is 9.85. The van der Waals surface area contributed by atoms with E-state index in [1.54, 1.807) is 48.5 Å². The Labute approximate surface area is 207 Å². The van der Waals surface area contributed by atoms with Gasteiger partial charge in [-0.3, -0.25) is 14.9 Å². The molecule has 0 amide bonds. The van der Waals surface area contributed by atoms with E-state index in [2.05, 4.69) is 0 Å². The van der Waals surface area contributed by atoms with Crippen molar-refractivity contribution in [2.24, 2.45) is 0 Å². The van der Waals surface area contributed by atoms with Gasteiger partial charge in [0, 0.05) is 23.3 Å². The van der Waals surface area contributed by atoms with E-state index in [9.17, 15) is 19.3 Å². The van der Waals surface area contributed by atoms with Crippen molar-refractivity contribution in [1.82, 2.24) is 0 Å². The smallest absolute Gasteiger partial charge is 0.269 e. The van der Waals surface area contributed by atoms with Gasteiger partial charge in [-0.25, -0.2) is 4.39 Å². The number of nitrogens with zero attached hydrogens (tertiary/aromatic N) is 1. The van der Waals surface area contributed by atoms with Crippen molar-refractivity contribution < 1.29 is 14.1 Å². The molecule has 5 aromatic rings. The Morgan fingerprint density at radius 3 is 1.72 bits per heavy atom. The van der Waals surface area contributed by atoms with E-state index in [-0.39, 0.29) is 17.3 Å². The number of carbonyl (C=O) groups excluding carboxylic acids is 1. The first-order valence-electron chi connectivity index (χ1n) is 11.4. The molecule has 5 heteroatoms. The molecule has 5 aromatic carbocycles. The Kier molecular flexibility index (Phi) is 6.20. The number of ketones is 1. The minimum absolute atomic E-state index is 0.0269. The maximum Gasteiger partial charge on any atom is 0.269 e. The maximum absolute atomic E-state index is 13.7. The molecule has 0 bridgehead atoms. The molecule has 0 spiro atoms. The number of non-ortho nitro benzene ring substituents is 1. The summed E-state index contributed by atoms with van der Waals surface area (Å²) in [7, 11) is 0. The minimum atomic E-state index is -0.452. The molecule has 0 radical (unpaired) electrons. The highest BCUT2D eigenvalue weighted by atomic mass is 19.1. The Bertz CT molecular complexity index is 1550. The normalized spacial score (nSPS) is 10.7. The molecule has 0 aliphatic rings. The first kappa shape index (κ1) is 22.9. The summed E-state index contributed by atoms with van der Waals surface area (Å²) < 4.78 is 13.7. The van der Waals surface area contributed by atoms with Crippen LogP contribution >= 0.6 is 0 Å². The molecule has 0 unspecified atom stereocenters. The number of rotatable bonds is 6. The average Bonchev–Trinajstić information content (AvgIpc) is 2.93. The summed E-state index contributed by atoms with van der Waals surface area (Å²) in [4.78, 5) is 24.5. The second-order valence-electron chi connectivity index (χ2n) is 8.32. The van der Waals surface area contributed by atoms with Crippen molar-refractivity contribution in [3.8, 4) is 33.4 Å². The molecule has 5 rings (SSSR count). The van der Waals surface area contributed by atoms with Gasteiger partial charge in [0.25, 0.3) is 5.69 Å². The molecule has 0 aromatic heterocycles. The lowest BCUT2D eigenvalue weighted by Crippen LogP contribution is -2.05. The van der Waals surface area contributed by atoms with Gasteiger partial charge in [-0.2, -0.15) is 0 Å². The van der Waals surface area contributed by atoms with E-state index in [4.69, 9.17) is 0 Å². The minimum Gasteiger partial charge on any atom is -0.289 e. The third kappa shape index (κ3) is 4.55. The zero-order chi connectivity index (χ0) is 25.1. The van der Waals surface area contributed by atoms with Crippen LogP contribution in [0.15, 0.2) is 121 Å². The third-order valence-corrected chi connectivity index (χ3v) is 6.07. The summed E-state index contributed by atoms with van der Waals surface area (Å²) in [5.41, 5.74) is 5.64. The fraction of sp³-hybridized carbons (Fsp3) is 0. The number of hydrogen-bond acceptors (Lipinski definition) is 3. The maximum atomic E-state index is 13.7. The topological polar surface area (TPSA) is 60.2 Å². The third-order valence-electron chi connectivity index (χ3n) is 6.07. The van der Waals surface area contributed by atoms with Crippen molar-refractivity contribution in [1.29, 1.82) is 0 Å². The number of halogens is 1. The van der Waals surface area contributed by atoms with E-state index in [1.165, 1.54) is 24.3 Å². The molecular weight excluding hydrogens is 453 g/mol. The molecule has 0 heterocycles. The molecule has 0 aliphatic carbocycles. The number of benzene rings is 5. The van der Waals surface area contributed by atoms with Crippen molar-refractivity contribution >= 4 is 11.5 Å².